The van der Waals surface area contributed by atoms with Crippen LogP contribution in [0.1, 0.15) is 16.8 Å². The second-order valence-electron chi connectivity index (χ2n) is 6.03. The van der Waals surface area contributed by atoms with Gasteiger partial charge in [-0.15, -0.1) is 0 Å². The van der Waals surface area contributed by atoms with Crippen LogP contribution in [-0.2, 0) is 9.59 Å². The highest BCUT2D eigenvalue weighted by Crippen LogP contribution is 2.28. The van der Waals surface area contributed by atoms with E-state index in [1.54, 1.807) is 36.2 Å². The normalized spacial score (nSPS) is 16.5. The predicted octanol–water partition coefficient (Wildman–Crippen LogP) is 2.80. The van der Waals surface area contributed by atoms with Gasteiger partial charge in [-0.2, -0.15) is 0 Å². The van der Waals surface area contributed by atoms with E-state index >= 15 is 0 Å². The first-order valence-electron chi connectivity index (χ1n) is 8.17. The molecule has 1 unspecified atom stereocenters. The molecule has 2 N–H and O–H groups in total. The van der Waals surface area contributed by atoms with Crippen LogP contribution in [0.15, 0.2) is 53.0 Å². The third-order valence-corrected chi connectivity index (χ3v) is 4.73. The summed E-state index contributed by atoms with van der Waals surface area (Å²) in [6.45, 7) is 0.330. The molecule has 6 nitrogen and oxygen atoms in total. The van der Waals surface area contributed by atoms with Gasteiger partial charge in [0.05, 0.1) is 5.92 Å². The smallest absolute Gasteiger partial charge is 0.251 e. The molecule has 7 heteroatoms. The second-order valence-corrected chi connectivity index (χ2v) is 6.95. The lowest BCUT2D eigenvalue weighted by atomic mass is 10.1. The maximum Gasteiger partial charge on any atom is 0.251 e. The molecule has 3 amide bonds. The molecule has 1 aliphatic heterocycles. The van der Waals surface area contributed by atoms with Crippen LogP contribution >= 0.6 is 15.9 Å². The topological polar surface area (TPSA) is 78.5 Å². The van der Waals surface area contributed by atoms with Crippen LogP contribution in [-0.4, -0.2) is 31.3 Å². The van der Waals surface area contributed by atoms with E-state index in [1.807, 2.05) is 24.3 Å². The van der Waals surface area contributed by atoms with Gasteiger partial charge in [-0.3, -0.25) is 14.4 Å². The summed E-state index contributed by atoms with van der Waals surface area (Å²) in [5.74, 6) is -0.977. The number of amides is 3. The van der Waals surface area contributed by atoms with Gasteiger partial charge in [0.15, 0.2) is 0 Å². The van der Waals surface area contributed by atoms with Gasteiger partial charge in [0.25, 0.3) is 5.91 Å². The van der Waals surface area contributed by atoms with Gasteiger partial charge in [-0.25, -0.2) is 0 Å². The van der Waals surface area contributed by atoms with E-state index in [9.17, 15) is 14.4 Å². The minimum atomic E-state index is -0.440. The number of benzene rings is 2. The number of carbonyl (C=O) groups is 3. The summed E-state index contributed by atoms with van der Waals surface area (Å²) in [7, 11) is 1.55. The summed E-state index contributed by atoms with van der Waals surface area (Å²) in [6.07, 6.45) is 0.160. The fourth-order valence-electron chi connectivity index (χ4n) is 2.90. The molecule has 0 saturated carbocycles. The summed E-state index contributed by atoms with van der Waals surface area (Å²) in [4.78, 5) is 38.2. The number of nitrogens with one attached hydrogen (secondary N) is 2. The van der Waals surface area contributed by atoms with Crippen molar-refractivity contribution in [2.24, 2.45) is 5.92 Å². The van der Waals surface area contributed by atoms with Crippen LogP contribution in [0.5, 0.6) is 0 Å². The monoisotopic (exact) mass is 415 g/mol. The minimum absolute atomic E-state index is 0.0811. The van der Waals surface area contributed by atoms with Crippen molar-refractivity contribution in [1.29, 1.82) is 0 Å². The molecule has 0 spiro atoms. The standard InChI is InChI=1S/C19H18BrN3O3/c1-21-18(25)12-4-2-6-15(8-12)22-19(26)13-9-17(24)23(11-13)16-7-3-5-14(20)10-16/h2-8,10,13H,9,11H2,1H3,(H,21,25)(H,22,26). The highest BCUT2D eigenvalue weighted by Gasteiger charge is 2.35. The zero-order valence-electron chi connectivity index (χ0n) is 14.2. The third kappa shape index (κ3) is 3.94. The quantitative estimate of drug-likeness (QED) is 0.805. The Hall–Kier alpha value is -2.67. The van der Waals surface area contributed by atoms with Crippen LogP contribution in [0.3, 0.4) is 0 Å². The maximum absolute atomic E-state index is 12.6. The van der Waals surface area contributed by atoms with Crippen LogP contribution in [0.25, 0.3) is 0 Å². The zero-order chi connectivity index (χ0) is 18.7. The Bertz CT molecular complexity index is 869. The zero-order valence-corrected chi connectivity index (χ0v) is 15.7. The predicted molar refractivity (Wildman–Crippen MR) is 103 cm³/mol. The van der Waals surface area contributed by atoms with Crippen molar-refractivity contribution in [3.05, 3.63) is 58.6 Å². The van der Waals surface area contributed by atoms with Crippen LogP contribution in [0, 0.1) is 5.92 Å². The number of hydrogen-bond acceptors (Lipinski definition) is 3. The first kappa shape index (κ1) is 18.1. The fraction of sp³-hybridized carbons (Fsp3) is 0.211. The van der Waals surface area contributed by atoms with E-state index in [0.29, 0.717) is 17.8 Å². The molecular weight excluding hydrogens is 398 g/mol. The van der Waals surface area contributed by atoms with Gasteiger partial charge in [-0.05, 0) is 36.4 Å². The Kier molecular flexibility index (Phi) is 5.37. The average molecular weight is 416 g/mol. The number of hydrogen-bond donors (Lipinski definition) is 2. The van der Waals surface area contributed by atoms with Crippen LogP contribution in [0.4, 0.5) is 11.4 Å². The van der Waals surface area contributed by atoms with E-state index in [1.165, 1.54) is 0 Å². The van der Waals surface area contributed by atoms with Crippen molar-refractivity contribution < 1.29 is 14.4 Å². The Morgan fingerprint density at radius 3 is 2.65 bits per heavy atom. The van der Waals surface area contributed by atoms with E-state index in [0.717, 1.165) is 10.2 Å². The maximum atomic E-state index is 12.6. The molecule has 1 fully saturated rings. The first-order valence-corrected chi connectivity index (χ1v) is 8.96. The first-order chi connectivity index (χ1) is 12.5. The lowest BCUT2D eigenvalue weighted by molar-refractivity contribution is -0.122. The van der Waals surface area contributed by atoms with Crippen molar-refractivity contribution in [2.75, 3.05) is 23.8 Å². The lowest BCUT2D eigenvalue weighted by Crippen LogP contribution is -2.28. The number of halogens is 1. The van der Waals surface area contributed by atoms with E-state index < -0.39 is 5.92 Å². The van der Waals surface area contributed by atoms with Crippen molar-refractivity contribution in [1.82, 2.24) is 5.32 Å². The Morgan fingerprint density at radius 1 is 1.15 bits per heavy atom. The second kappa shape index (κ2) is 7.70. The van der Waals surface area contributed by atoms with Crippen LogP contribution in [0.2, 0.25) is 0 Å². The SMILES string of the molecule is CNC(=O)c1cccc(NC(=O)C2CC(=O)N(c3cccc(Br)c3)C2)c1. The number of anilines is 2. The Labute approximate surface area is 159 Å². The molecule has 0 aliphatic carbocycles. The summed E-state index contributed by atoms with van der Waals surface area (Å²) in [5, 5.41) is 5.34. The Morgan fingerprint density at radius 2 is 1.92 bits per heavy atom. The largest absolute Gasteiger partial charge is 0.355 e. The molecule has 0 bridgehead atoms. The van der Waals surface area contributed by atoms with Gasteiger partial charge in [0.2, 0.25) is 11.8 Å². The van der Waals surface area contributed by atoms with E-state index in [4.69, 9.17) is 0 Å². The van der Waals surface area contributed by atoms with Gasteiger partial charge >= 0.3 is 0 Å². The van der Waals surface area contributed by atoms with Crippen molar-refractivity contribution in [2.45, 2.75) is 6.42 Å². The highest BCUT2D eigenvalue weighted by atomic mass is 79.9. The summed E-state index contributed by atoms with van der Waals surface area (Å²) >= 11 is 3.39. The molecule has 1 heterocycles. The molecule has 26 heavy (non-hydrogen) atoms. The molecule has 134 valence electrons. The molecule has 2 aromatic rings. The van der Waals surface area contributed by atoms with Crippen molar-refractivity contribution in [3.8, 4) is 0 Å². The molecule has 2 aromatic carbocycles. The molecule has 1 aliphatic rings. The summed E-state index contributed by atoms with van der Waals surface area (Å²) < 4.78 is 0.877. The van der Waals surface area contributed by atoms with E-state index in [2.05, 4.69) is 26.6 Å². The number of carbonyl (C=O) groups excluding carboxylic acids is 3. The van der Waals surface area contributed by atoms with Gasteiger partial charge in [0, 0.05) is 41.4 Å². The third-order valence-electron chi connectivity index (χ3n) is 4.24. The van der Waals surface area contributed by atoms with E-state index in [-0.39, 0.29) is 24.1 Å². The fourth-order valence-corrected chi connectivity index (χ4v) is 3.29. The van der Waals surface area contributed by atoms with Gasteiger partial charge in [-0.1, -0.05) is 28.1 Å². The average Bonchev–Trinajstić information content (AvgIpc) is 3.03. The van der Waals surface area contributed by atoms with Gasteiger partial charge < -0.3 is 15.5 Å². The minimum Gasteiger partial charge on any atom is -0.355 e. The molecule has 0 radical (unpaired) electrons. The highest BCUT2D eigenvalue weighted by molar-refractivity contribution is 9.10. The van der Waals surface area contributed by atoms with Crippen LogP contribution < -0.4 is 15.5 Å². The number of rotatable bonds is 4. The lowest BCUT2D eigenvalue weighted by Gasteiger charge is -2.17. The Balaban J connectivity index is 1.70. The summed E-state index contributed by atoms with van der Waals surface area (Å²) in [5.41, 5.74) is 1.76. The van der Waals surface area contributed by atoms with Gasteiger partial charge in [0.1, 0.15) is 0 Å². The molecule has 3 rings (SSSR count). The number of nitrogens with zero attached hydrogens (tertiary/aromatic N) is 1. The molecule has 0 aromatic heterocycles. The summed E-state index contributed by atoms with van der Waals surface area (Å²) in [6, 6.07) is 14.1. The molecule has 1 atom stereocenters. The van der Waals surface area contributed by atoms with Crippen molar-refractivity contribution in [3.63, 3.8) is 0 Å². The molecule has 1 saturated heterocycles. The molecular formula is C19H18BrN3O3. The van der Waals surface area contributed by atoms with Crippen molar-refractivity contribution >= 4 is 45.0 Å².